The number of fused-ring (bicyclic) bond motifs is 1. The van der Waals surface area contributed by atoms with Gasteiger partial charge in [0.05, 0.1) is 12.0 Å². The van der Waals surface area contributed by atoms with Crippen LogP contribution in [0.2, 0.25) is 0 Å². The predicted octanol–water partition coefficient (Wildman–Crippen LogP) is 2.85. The molecule has 1 fully saturated rings. The second kappa shape index (κ2) is 7.84. The lowest BCUT2D eigenvalue weighted by atomic mass is 9.77. The van der Waals surface area contributed by atoms with Gasteiger partial charge in [0, 0.05) is 56.4 Å². The largest absolute Gasteiger partial charge is 0.497 e. The van der Waals surface area contributed by atoms with Gasteiger partial charge in [-0.25, -0.2) is 8.42 Å². The minimum atomic E-state index is -3.61. The molecule has 2 heterocycles. The molecule has 0 saturated carbocycles. The first-order chi connectivity index (χ1) is 14.6. The summed E-state index contributed by atoms with van der Waals surface area (Å²) in [5, 5.41) is 0. The van der Waals surface area contributed by atoms with Gasteiger partial charge in [0.2, 0.25) is 15.9 Å². The van der Waals surface area contributed by atoms with Crippen molar-refractivity contribution in [2.75, 3.05) is 50.1 Å². The fraction of sp³-hybridized carbons (Fsp3) is 0.435. The summed E-state index contributed by atoms with van der Waals surface area (Å²) in [7, 11) is -0.235. The zero-order valence-electron chi connectivity index (χ0n) is 18.5. The van der Waals surface area contributed by atoms with Crippen molar-refractivity contribution in [1.29, 1.82) is 0 Å². The van der Waals surface area contributed by atoms with Gasteiger partial charge in [-0.1, -0.05) is 13.8 Å². The van der Waals surface area contributed by atoms with Crippen molar-refractivity contribution in [3.63, 3.8) is 0 Å². The molecule has 0 N–H and O–H groups in total. The van der Waals surface area contributed by atoms with Crippen LogP contribution < -0.4 is 14.5 Å². The van der Waals surface area contributed by atoms with Crippen molar-refractivity contribution >= 4 is 27.3 Å². The summed E-state index contributed by atoms with van der Waals surface area (Å²) in [5.41, 5.74) is 2.33. The standard InChI is InChI=1S/C23H29N3O4S/c1-23(2)16-22(27)24(3)21-10-9-19(15-20(21)23)31(28,29)26-13-11-25(12-14-26)17-5-7-18(30-4)8-6-17/h5-10,15H,11-14,16H2,1-4H3. The van der Waals surface area contributed by atoms with E-state index in [1.54, 1.807) is 41.6 Å². The van der Waals surface area contributed by atoms with Gasteiger partial charge in [-0.2, -0.15) is 4.31 Å². The van der Waals surface area contributed by atoms with E-state index in [0.29, 0.717) is 37.5 Å². The molecule has 0 unspecified atom stereocenters. The van der Waals surface area contributed by atoms with E-state index >= 15 is 0 Å². The maximum Gasteiger partial charge on any atom is 0.243 e. The maximum atomic E-state index is 13.4. The van der Waals surface area contributed by atoms with Gasteiger partial charge in [0.15, 0.2) is 0 Å². The van der Waals surface area contributed by atoms with Crippen LogP contribution in [0.3, 0.4) is 0 Å². The van der Waals surface area contributed by atoms with Gasteiger partial charge < -0.3 is 14.5 Å². The molecule has 2 aromatic rings. The number of rotatable bonds is 4. The minimum Gasteiger partial charge on any atom is -0.497 e. The lowest BCUT2D eigenvalue weighted by Gasteiger charge is -2.38. The van der Waals surface area contributed by atoms with Crippen LogP contribution in [0.4, 0.5) is 11.4 Å². The molecule has 8 heteroatoms. The molecular formula is C23H29N3O4S. The zero-order chi connectivity index (χ0) is 22.4. The average Bonchev–Trinajstić information content (AvgIpc) is 2.77. The van der Waals surface area contributed by atoms with Gasteiger partial charge >= 0.3 is 0 Å². The summed E-state index contributed by atoms with van der Waals surface area (Å²) in [5.74, 6) is 0.843. The van der Waals surface area contributed by atoms with Crippen molar-refractivity contribution < 1.29 is 17.9 Å². The molecule has 31 heavy (non-hydrogen) atoms. The van der Waals surface area contributed by atoms with Gasteiger partial charge in [0.1, 0.15) is 5.75 Å². The fourth-order valence-corrected chi connectivity index (χ4v) is 5.81. The lowest BCUT2D eigenvalue weighted by Crippen LogP contribution is -2.48. The number of hydrogen-bond donors (Lipinski definition) is 0. The Kier molecular flexibility index (Phi) is 5.47. The molecule has 2 aliphatic rings. The average molecular weight is 444 g/mol. The molecule has 2 aromatic carbocycles. The van der Waals surface area contributed by atoms with Gasteiger partial charge in [-0.3, -0.25) is 4.79 Å². The fourth-order valence-electron chi connectivity index (χ4n) is 4.37. The summed E-state index contributed by atoms with van der Waals surface area (Å²) in [4.78, 5) is 16.4. The molecular weight excluding hydrogens is 414 g/mol. The Hall–Kier alpha value is -2.58. The SMILES string of the molecule is COc1ccc(N2CCN(S(=O)(=O)c3ccc4c(c3)C(C)(C)CC(=O)N4C)CC2)cc1. The third-order valence-electron chi connectivity index (χ3n) is 6.34. The van der Waals surface area contributed by atoms with E-state index in [9.17, 15) is 13.2 Å². The molecule has 0 aromatic heterocycles. The quantitative estimate of drug-likeness (QED) is 0.727. The number of hydrogen-bond acceptors (Lipinski definition) is 5. The predicted molar refractivity (Wildman–Crippen MR) is 121 cm³/mol. The third kappa shape index (κ3) is 3.90. The van der Waals surface area contributed by atoms with Crippen molar-refractivity contribution in [3.05, 3.63) is 48.0 Å². The number of sulfonamides is 1. The monoisotopic (exact) mass is 443 g/mol. The van der Waals surface area contributed by atoms with Crippen LogP contribution in [0.5, 0.6) is 5.75 Å². The van der Waals surface area contributed by atoms with Crippen LogP contribution >= 0.6 is 0 Å². The Morgan fingerprint density at radius 2 is 1.61 bits per heavy atom. The van der Waals surface area contributed by atoms with E-state index < -0.39 is 15.4 Å². The zero-order valence-corrected chi connectivity index (χ0v) is 19.3. The van der Waals surface area contributed by atoms with Crippen molar-refractivity contribution in [2.24, 2.45) is 0 Å². The van der Waals surface area contributed by atoms with Crippen LogP contribution in [0.1, 0.15) is 25.8 Å². The first kappa shape index (κ1) is 21.6. The minimum absolute atomic E-state index is 0.0442. The second-order valence-electron chi connectivity index (χ2n) is 8.78. The topological polar surface area (TPSA) is 70.2 Å². The summed E-state index contributed by atoms with van der Waals surface area (Å²) in [6, 6.07) is 12.9. The molecule has 1 saturated heterocycles. The van der Waals surface area contributed by atoms with E-state index in [4.69, 9.17) is 4.74 Å². The number of carbonyl (C=O) groups is 1. The van der Waals surface area contributed by atoms with Gasteiger partial charge in [0.25, 0.3) is 0 Å². The summed E-state index contributed by atoms with van der Waals surface area (Å²) in [6.45, 7) is 6.07. The first-order valence-electron chi connectivity index (χ1n) is 10.4. The van der Waals surface area contributed by atoms with Crippen LogP contribution in [0.25, 0.3) is 0 Å². The Bertz CT molecular complexity index is 1090. The smallest absolute Gasteiger partial charge is 0.243 e. The molecule has 0 radical (unpaired) electrons. The Labute approximate surface area is 184 Å². The molecule has 0 aliphatic carbocycles. The Morgan fingerprint density at radius 3 is 2.23 bits per heavy atom. The van der Waals surface area contributed by atoms with E-state index in [2.05, 4.69) is 4.90 Å². The number of amides is 1. The highest BCUT2D eigenvalue weighted by molar-refractivity contribution is 7.89. The lowest BCUT2D eigenvalue weighted by molar-refractivity contribution is -0.119. The van der Waals surface area contributed by atoms with Crippen LogP contribution in [0, 0.1) is 0 Å². The molecule has 0 atom stereocenters. The number of nitrogens with zero attached hydrogens (tertiary/aromatic N) is 3. The van der Waals surface area contributed by atoms with Crippen molar-refractivity contribution in [2.45, 2.75) is 30.6 Å². The highest BCUT2D eigenvalue weighted by Gasteiger charge is 2.37. The molecule has 0 bridgehead atoms. The number of piperazine rings is 1. The molecule has 0 spiro atoms. The van der Waals surface area contributed by atoms with E-state index in [1.807, 2.05) is 38.1 Å². The van der Waals surface area contributed by atoms with E-state index in [-0.39, 0.29) is 5.91 Å². The van der Waals surface area contributed by atoms with Crippen LogP contribution in [-0.2, 0) is 20.2 Å². The number of anilines is 2. The summed E-state index contributed by atoms with van der Waals surface area (Å²) in [6.07, 6.45) is 0.362. The van der Waals surface area contributed by atoms with Crippen LogP contribution in [-0.4, -0.2) is 59.0 Å². The Morgan fingerprint density at radius 1 is 0.968 bits per heavy atom. The molecule has 2 aliphatic heterocycles. The number of methoxy groups -OCH3 is 1. The highest BCUT2D eigenvalue weighted by atomic mass is 32.2. The second-order valence-corrected chi connectivity index (χ2v) is 10.7. The third-order valence-corrected chi connectivity index (χ3v) is 8.23. The van der Waals surface area contributed by atoms with E-state index in [0.717, 1.165) is 22.7 Å². The van der Waals surface area contributed by atoms with Gasteiger partial charge in [-0.05, 0) is 48.0 Å². The molecule has 4 rings (SSSR count). The molecule has 1 amide bonds. The number of carbonyl (C=O) groups excluding carboxylic acids is 1. The van der Waals surface area contributed by atoms with Crippen LogP contribution in [0.15, 0.2) is 47.4 Å². The van der Waals surface area contributed by atoms with E-state index in [1.165, 1.54) is 0 Å². The Balaban J connectivity index is 1.54. The first-order valence-corrected chi connectivity index (χ1v) is 11.9. The highest BCUT2D eigenvalue weighted by Crippen LogP contribution is 2.41. The molecule has 7 nitrogen and oxygen atoms in total. The number of benzene rings is 2. The van der Waals surface area contributed by atoms with Crippen molar-refractivity contribution in [1.82, 2.24) is 4.31 Å². The number of ether oxygens (including phenoxy) is 1. The molecule has 166 valence electrons. The van der Waals surface area contributed by atoms with Gasteiger partial charge in [-0.15, -0.1) is 0 Å². The van der Waals surface area contributed by atoms with Crippen molar-refractivity contribution in [3.8, 4) is 5.75 Å². The summed E-state index contributed by atoms with van der Waals surface area (Å²) >= 11 is 0. The summed E-state index contributed by atoms with van der Waals surface area (Å²) < 4.78 is 33.5. The normalized spacial score (nSPS) is 19.3. The maximum absolute atomic E-state index is 13.4.